The molecule has 0 atom stereocenters. The molecular weight excluding hydrogens is 352 g/mol. The van der Waals surface area contributed by atoms with Gasteiger partial charge in [-0.15, -0.1) is 0 Å². The van der Waals surface area contributed by atoms with Crippen molar-refractivity contribution in [2.24, 2.45) is 0 Å². The molecule has 0 aliphatic heterocycles. The predicted octanol–water partition coefficient (Wildman–Crippen LogP) is 3.55. The van der Waals surface area contributed by atoms with Gasteiger partial charge in [-0.05, 0) is 33.1 Å². The summed E-state index contributed by atoms with van der Waals surface area (Å²) in [6.07, 6.45) is 0.216. The van der Waals surface area contributed by atoms with E-state index in [1.54, 1.807) is 52.0 Å². The van der Waals surface area contributed by atoms with E-state index in [0.29, 0.717) is 17.2 Å². The lowest BCUT2D eigenvalue weighted by atomic mass is 9.98. The van der Waals surface area contributed by atoms with Crippen molar-refractivity contribution < 1.29 is 24.1 Å². The number of hydrogen-bond acceptors (Lipinski definition) is 6. The van der Waals surface area contributed by atoms with E-state index in [9.17, 15) is 19.7 Å². The van der Waals surface area contributed by atoms with E-state index in [4.69, 9.17) is 9.57 Å². The van der Waals surface area contributed by atoms with Gasteiger partial charge >= 0.3 is 5.97 Å². The molecule has 27 heavy (non-hydrogen) atoms. The molecule has 0 saturated heterocycles. The molecule has 0 unspecified atom stereocenters. The van der Waals surface area contributed by atoms with E-state index < -0.39 is 16.5 Å². The molecule has 0 spiro atoms. The third-order valence-electron chi connectivity index (χ3n) is 3.64. The van der Waals surface area contributed by atoms with Gasteiger partial charge < -0.3 is 4.74 Å². The van der Waals surface area contributed by atoms with E-state index in [2.05, 4.69) is 0 Å². The zero-order valence-corrected chi connectivity index (χ0v) is 15.7. The molecule has 0 aliphatic carbocycles. The Hall–Kier alpha value is -3.00. The second kappa shape index (κ2) is 8.13. The van der Waals surface area contributed by atoms with Crippen LogP contribution in [0.4, 0.5) is 11.4 Å². The number of fused-ring (bicyclic) bond motifs is 1. The first kappa shape index (κ1) is 20.3. The molecule has 0 N–H and O–H groups in total. The maximum Gasteiger partial charge on any atom is 0.310 e. The van der Waals surface area contributed by atoms with Crippen LogP contribution in [0.15, 0.2) is 30.3 Å². The Morgan fingerprint density at radius 2 is 1.89 bits per heavy atom. The van der Waals surface area contributed by atoms with Crippen molar-refractivity contribution in [3.05, 3.63) is 46.0 Å². The SMILES string of the molecule is CCOC(=O)Cc1c([N+](=O)[O-])cc(N(C=O)OC(C)(C)C)c2ccccc12. The van der Waals surface area contributed by atoms with Crippen LogP contribution < -0.4 is 5.06 Å². The first-order valence-corrected chi connectivity index (χ1v) is 8.46. The zero-order valence-electron chi connectivity index (χ0n) is 15.7. The van der Waals surface area contributed by atoms with Crippen LogP contribution in [0, 0.1) is 10.1 Å². The second-order valence-corrected chi connectivity index (χ2v) is 6.81. The Labute approximate surface area is 156 Å². The molecule has 144 valence electrons. The monoisotopic (exact) mass is 374 g/mol. The van der Waals surface area contributed by atoms with Crippen molar-refractivity contribution in [2.75, 3.05) is 11.7 Å². The first-order valence-electron chi connectivity index (χ1n) is 8.46. The second-order valence-electron chi connectivity index (χ2n) is 6.81. The van der Waals surface area contributed by atoms with Gasteiger partial charge in [-0.25, -0.2) is 0 Å². The van der Waals surface area contributed by atoms with Gasteiger partial charge in [0.05, 0.1) is 29.2 Å². The molecule has 0 bridgehead atoms. The van der Waals surface area contributed by atoms with Gasteiger partial charge in [0.2, 0.25) is 6.41 Å². The molecule has 2 aromatic carbocycles. The Balaban J connectivity index is 2.72. The third-order valence-corrected chi connectivity index (χ3v) is 3.64. The summed E-state index contributed by atoms with van der Waals surface area (Å²) < 4.78 is 4.94. The lowest BCUT2D eigenvalue weighted by molar-refractivity contribution is -0.385. The largest absolute Gasteiger partial charge is 0.466 e. The molecule has 2 rings (SSSR count). The number of ether oxygens (including phenoxy) is 1. The van der Waals surface area contributed by atoms with Crippen LogP contribution in [0.3, 0.4) is 0 Å². The average molecular weight is 374 g/mol. The van der Waals surface area contributed by atoms with Crippen LogP contribution in [0.2, 0.25) is 0 Å². The van der Waals surface area contributed by atoms with Crippen molar-refractivity contribution in [1.82, 2.24) is 0 Å². The Kier molecular flexibility index (Phi) is 6.12. The fourth-order valence-corrected chi connectivity index (χ4v) is 2.71. The number of hydroxylamine groups is 1. The summed E-state index contributed by atoms with van der Waals surface area (Å²) >= 11 is 0. The normalized spacial score (nSPS) is 11.3. The van der Waals surface area contributed by atoms with Gasteiger partial charge in [-0.3, -0.25) is 24.5 Å². The molecule has 1 amide bonds. The summed E-state index contributed by atoms with van der Waals surface area (Å²) in [6.45, 7) is 7.12. The van der Waals surface area contributed by atoms with Gasteiger partial charge in [-0.2, -0.15) is 5.06 Å². The summed E-state index contributed by atoms with van der Waals surface area (Å²) in [6, 6.07) is 8.08. The van der Waals surface area contributed by atoms with E-state index in [0.717, 1.165) is 5.06 Å². The minimum atomic E-state index is -0.694. The number of carbonyl (C=O) groups excluding carboxylic acids is 2. The molecule has 0 radical (unpaired) electrons. The average Bonchev–Trinajstić information content (AvgIpc) is 2.59. The molecule has 8 heteroatoms. The van der Waals surface area contributed by atoms with Gasteiger partial charge in [0.15, 0.2) is 0 Å². The maximum atomic E-state index is 12.0. The molecule has 2 aromatic rings. The van der Waals surface area contributed by atoms with Crippen LogP contribution in [0.1, 0.15) is 33.3 Å². The van der Waals surface area contributed by atoms with E-state index >= 15 is 0 Å². The van der Waals surface area contributed by atoms with Gasteiger partial charge in [0, 0.05) is 17.0 Å². The predicted molar refractivity (Wildman–Crippen MR) is 100 cm³/mol. The summed E-state index contributed by atoms with van der Waals surface area (Å²) in [7, 11) is 0. The van der Waals surface area contributed by atoms with E-state index in [1.807, 2.05) is 0 Å². The zero-order chi connectivity index (χ0) is 20.2. The number of nitro benzene ring substituents is 1. The molecule has 0 aliphatic rings. The minimum absolute atomic E-state index is 0.182. The van der Waals surface area contributed by atoms with Crippen molar-refractivity contribution >= 4 is 34.5 Å². The van der Waals surface area contributed by atoms with Crippen LogP contribution in [-0.2, 0) is 25.6 Å². The van der Waals surface area contributed by atoms with Crippen LogP contribution in [0.25, 0.3) is 10.8 Å². The van der Waals surface area contributed by atoms with Gasteiger partial charge in [0.25, 0.3) is 5.69 Å². The topological polar surface area (TPSA) is 99.0 Å². The number of anilines is 1. The number of esters is 1. The molecule has 0 heterocycles. The first-order chi connectivity index (χ1) is 12.7. The van der Waals surface area contributed by atoms with Crippen molar-refractivity contribution in [3.8, 4) is 0 Å². The lowest BCUT2D eigenvalue weighted by Crippen LogP contribution is -2.33. The number of amides is 1. The highest BCUT2D eigenvalue weighted by atomic mass is 16.7. The molecule has 0 saturated carbocycles. The van der Waals surface area contributed by atoms with Crippen molar-refractivity contribution in [1.29, 1.82) is 0 Å². The maximum absolute atomic E-state index is 12.0. The fraction of sp³-hybridized carbons (Fsp3) is 0.368. The number of rotatable bonds is 7. The Bertz CT molecular complexity index is 872. The van der Waals surface area contributed by atoms with Crippen LogP contribution in [0.5, 0.6) is 0 Å². The third kappa shape index (κ3) is 4.79. The molecular formula is C19H22N2O6. The summed E-state index contributed by atoms with van der Waals surface area (Å²) in [4.78, 5) is 40.3. The fourth-order valence-electron chi connectivity index (χ4n) is 2.71. The summed E-state index contributed by atoms with van der Waals surface area (Å²) in [5.41, 5.74) is -0.504. The van der Waals surface area contributed by atoms with E-state index in [-0.39, 0.29) is 30.0 Å². The number of nitro groups is 1. The van der Waals surface area contributed by atoms with Crippen LogP contribution in [-0.4, -0.2) is 29.5 Å². The summed E-state index contributed by atoms with van der Waals surface area (Å²) in [5, 5.41) is 13.7. The van der Waals surface area contributed by atoms with Crippen LogP contribution >= 0.6 is 0 Å². The highest BCUT2D eigenvalue weighted by molar-refractivity contribution is 6.03. The highest BCUT2D eigenvalue weighted by Crippen LogP contribution is 2.37. The lowest BCUT2D eigenvalue weighted by Gasteiger charge is -2.27. The van der Waals surface area contributed by atoms with Crippen molar-refractivity contribution in [2.45, 2.75) is 39.7 Å². The Morgan fingerprint density at radius 1 is 1.26 bits per heavy atom. The summed E-state index contributed by atoms with van der Waals surface area (Å²) in [5.74, 6) is -0.559. The minimum Gasteiger partial charge on any atom is -0.466 e. The quantitative estimate of drug-likeness (QED) is 0.318. The van der Waals surface area contributed by atoms with Crippen molar-refractivity contribution in [3.63, 3.8) is 0 Å². The number of carbonyl (C=O) groups is 2. The van der Waals surface area contributed by atoms with Gasteiger partial charge in [-0.1, -0.05) is 24.3 Å². The number of benzene rings is 2. The molecule has 8 nitrogen and oxygen atoms in total. The standard InChI is InChI=1S/C19H22N2O6/c1-5-26-18(23)10-15-13-8-6-7-9-14(13)16(11-17(15)21(24)25)20(12-22)27-19(2,3)4/h6-9,11-12H,5,10H2,1-4H3. The molecule has 0 aromatic heterocycles. The number of nitrogens with zero attached hydrogens (tertiary/aromatic N) is 2. The van der Waals surface area contributed by atoms with E-state index in [1.165, 1.54) is 6.07 Å². The smallest absolute Gasteiger partial charge is 0.310 e. The Morgan fingerprint density at radius 3 is 2.41 bits per heavy atom. The number of hydrogen-bond donors (Lipinski definition) is 0. The highest BCUT2D eigenvalue weighted by Gasteiger charge is 2.26. The molecule has 0 fully saturated rings. The van der Waals surface area contributed by atoms with Gasteiger partial charge in [0.1, 0.15) is 0 Å².